The van der Waals surface area contributed by atoms with E-state index in [2.05, 4.69) is 25.8 Å². The zero-order valence-corrected chi connectivity index (χ0v) is 22.8. The van der Waals surface area contributed by atoms with Gasteiger partial charge in [0.25, 0.3) is 0 Å². The molecule has 1 aliphatic heterocycles. The molecule has 2 aromatic carbocycles. The number of benzene rings is 2. The van der Waals surface area contributed by atoms with Crippen LogP contribution < -0.4 is 0 Å². The van der Waals surface area contributed by atoms with Crippen molar-refractivity contribution < 1.29 is 26.4 Å². The largest absolute Gasteiger partial charge is 0.416 e. The summed E-state index contributed by atoms with van der Waals surface area (Å²) in [7, 11) is -1.52. The third-order valence-corrected chi connectivity index (χ3v) is 9.86. The van der Waals surface area contributed by atoms with Gasteiger partial charge in [-0.05, 0) is 87.9 Å². The van der Waals surface area contributed by atoms with E-state index in [4.69, 9.17) is 0 Å². The smallest absolute Gasteiger partial charge is 0.336 e. The summed E-state index contributed by atoms with van der Waals surface area (Å²) in [5, 5.41) is 0. The van der Waals surface area contributed by atoms with Crippen LogP contribution in [0.25, 0.3) is 5.57 Å². The average Bonchev–Trinajstić information content (AvgIpc) is 2.88. The van der Waals surface area contributed by atoms with Crippen molar-refractivity contribution in [2.45, 2.75) is 68.7 Å². The number of halogens is 3. The molecule has 9 heteroatoms. The van der Waals surface area contributed by atoms with Crippen LogP contribution in [0.1, 0.15) is 50.7 Å². The van der Waals surface area contributed by atoms with Crippen molar-refractivity contribution in [3.8, 4) is 0 Å². The van der Waals surface area contributed by atoms with Crippen molar-refractivity contribution in [2.24, 2.45) is 5.92 Å². The summed E-state index contributed by atoms with van der Waals surface area (Å²) in [4.78, 5) is 17.6. The highest BCUT2D eigenvalue weighted by atomic mass is 32.2. The van der Waals surface area contributed by atoms with Gasteiger partial charge in [0, 0.05) is 30.7 Å². The molecule has 2 aromatic rings. The molecule has 5 nitrogen and oxygen atoms in total. The lowest BCUT2D eigenvalue weighted by Crippen LogP contribution is -2.53. The van der Waals surface area contributed by atoms with Crippen LogP contribution in [-0.4, -0.2) is 61.6 Å². The normalized spacial score (nSPS) is 23.2. The maximum absolute atomic E-state index is 13.3. The summed E-state index contributed by atoms with van der Waals surface area (Å²) in [6, 6.07) is 13.7. The van der Waals surface area contributed by atoms with Crippen LogP contribution in [0.5, 0.6) is 0 Å². The van der Waals surface area contributed by atoms with E-state index in [0.717, 1.165) is 18.6 Å². The van der Waals surface area contributed by atoms with Crippen molar-refractivity contribution in [1.29, 1.82) is 0 Å². The first-order chi connectivity index (χ1) is 17.9. The first-order valence-corrected chi connectivity index (χ1v) is 14.7. The Morgan fingerprint density at radius 1 is 1.05 bits per heavy atom. The lowest BCUT2D eigenvalue weighted by Gasteiger charge is -2.46. The monoisotopic (exact) mass is 548 g/mol. The molecular weight excluding hydrogens is 513 g/mol. The summed E-state index contributed by atoms with van der Waals surface area (Å²) in [6.45, 7) is 4.56. The Labute approximate surface area is 223 Å². The number of carbonyl (C=O) groups is 1. The standard InChI is InChI=1S/C29H35F3N2O3S/c1-20(2)33(3)25-12-13-27(23(17-25)19-38(36,37)26-10-5-4-6-11-26)34-15-14-22(18-28(34)35)21-8-7-9-24(16-21)29(30,31)32/h4-11,16,18,20,23,25,27H,12-15,17,19H2,1-3H3/t23-,25-,27+/m1/s1. The van der Waals surface area contributed by atoms with E-state index in [1.54, 1.807) is 41.3 Å². The Bertz CT molecular complexity index is 1280. The fourth-order valence-corrected chi connectivity index (χ4v) is 7.40. The van der Waals surface area contributed by atoms with E-state index in [-0.39, 0.29) is 34.6 Å². The third-order valence-electron chi connectivity index (χ3n) is 8.00. The first-order valence-electron chi connectivity index (χ1n) is 13.1. The van der Waals surface area contributed by atoms with Gasteiger partial charge in [-0.1, -0.05) is 30.3 Å². The van der Waals surface area contributed by atoms with Gasteiger partial charge in [0.15, 0.2) is 9.84 Å². The van der Waals surface area contributed by atoms with Crippen molar-refractivity contribution in [3.05, 3.63) is 71.8 Å². The minimum Gasteiger partial charge on any atom is -0.336 e. The first kappa shape index (κ1) is 28.4. The molecule has 206 valence electrons. The van der Waals surface area contributed by atoms with E-state index >= 15 is 0 Å². The Kier molecular flexibility index (Phi) is 8.37. The molecule has 0 unspecified atom stereocenters. The minimum atomic E-state index is -4.46. The molecule has 4 rings (SSSR count). The summed E-state index contributed by atoms with van der Waals surface area (Å²) in [6.07, 6.45) is -0.449. The van der Waals surface area contributed by atoms with E-state index in [1.807, 2.05) is 0 Å². The SMILES string of the molecule is CC(C)N(C)[C@@H]1CC[C@H](N2CCC(c3cccc(C(F)(F)F)c3)=CC2=O)[C@@H](CS(=O)(=O)c2ccccc2)C1. The molecule has 0 N–H and O–H groups in total. The summed E-state index contributed by atoms with van der Waals surface area (Å²) < 4.78 is 66.3. The van der Waals surface area contributed by atoms with Crippen LogP contribution in [0.2, 0.25) is 0 Å². The van der Waals surface area contributed by atoms with E-state index < -0.39 is 21.6 Å². The second kappa shape index (κ2) is 11.2. The Balaban J connectivity index is 1.59. The van der Waals surface area contributed by atoms with Gasteiger partial charge in [-0.15, -0.1) is 0 Å². The van der Waals surface area contributed by atoms with E-state index in [0.29, 0.717) is 43.0 Å². The molecule has 0 bridgehead atoms. The number of amides is 1. The number of hydrogen-bond donors (Lipinski definition) is 0. The molecule has 1 amide bonds. The second-order valence-electron chi connectivity index (χ2n) is 10.7. The fourth-order valence-electron chi connectivity index (χ4n) is 5.72. The molecule has 0 aromatic heterocycles. The quantitative estimate of drug-likeness (QED) is 0.447. The predicted molar refractivity (Wildman–Crippen MR) is 142 cm³/mol. The highest BCUT2D eigenvalue weighted by Crippen LogP contribution is 2.37. The molecule has 0 spiro atoms. The third kappa shape index (κ3) is 6.31. The van der Waals surface area contributed by atoms with Crippen molar-refractivity contribution >= 4 is 21.3 Å². The highest BCUT2D eigenvalue weighted by molar-refractivity contribution is 7.91. The number of nitrogens with zero attached hydrogens (tertiary/aromatic N) is 2. The molecule has 0 saturated heterocycles. The molecule has 1 fully saturated rings. The number of rotatable bonds is 7. The predicted octanol–water partition coefficient (Wildman–Crippen LogP) is 5.67. The van der Waals surface area contributed by atoms with Crippen LogP contribution >= 0.6 is 0 Å². The number of alkyl halides is 3. The van der Waals surface area contributed by atoms with Crippen LogP contribution in [0.15, 0.2) is 65.6 Å². The summed E-state index contributed by atoms with van der Waals surface area (Å²) in [5.74, 6) is -0.586. The van der Waals surface area contributed by atoms with E-state index in [1.165, 1.54) is 12.1 Å². The van der Waals surface area contributed by atoms with Crippen LogP contribution in [-0.2, 0) is 20.8 Å². The lowest BCUT2D eigenvalue weighted by atomic mass is 9.80. The average molecular weight is 549 g/mol. The molecule has 2 aliphatic rings. The minimum absolute atomic E-state index is 0.0574. The van der Waals surface area contributed by atoms with Gasteiger partial charge in [0.2, 0.25) is 5.91 Å². The van der Waals surface area contributed by atoms with Gasteiger partial charge in [-0.3, -0.25) is 4.79 Å². The molecule has 1 saturated carbocycles. The van der Waals surface area contributed by atoms with E-state index in [9.17, 15) is 26.4 Å². The Morgan fingerprint density at radius 3 is 2.39 bits per heavy atom. The molecule has 38 heavy (non-hydrogen) atoms. The topological polar surface area (TPSA) is 57.7 Å². The zero-order valence-electron chi connectivity index (χ0n) is 22.0. The van der Waals surface area contributed by atoms with Crippen molar-refractivity contribution in [2.75, 3.05) is 19.3 Å². The van der Waals surface area contributed by atoms with Crippen LogP contribution in [0.4, 0.5) is 13.2 Å². The van der Waals surface area contributed by atoms with Crippen LogP contribution in [0, 0.1) is 5.92 Å². The number of hydrogen-bond acceptors (Lipinski definition) is 4. The fraction of sp³-hybridized carbons (Fsp3) is 0.483. The van der Waals surface area contributed by atoms with Crippen molar-refractivity contribution in [1.82, 2.24) is 9.80 Å². The number of carbonyl (C=O) groups excluding carboxylic acids is 1. The van der Waals surface area contributed by atoms with Gasteiger partial charge in [0.05, 0.1) is 16.2 Å². The summed E-state index contributed by atoms with van der Waals surface area (Å²) in [5.41, 5.74) is 0.210. The van der Waals surface area contributed by atoms with Crippen LogP contribution in [0.3, 0.4) is 0 Å². The van der Waals surface area contributed by atoms with Gasteiger partial charge in [-0.2, -0.15) is 13.2 Å². The molecule has 1 aliphatic carbocycles. The molecular formula is C29H35F3N2O3S. The molecule has 3 atom stereocenters. The zero-order chi connectivity index (χ0) is 27.7. The van der Waals surface area contributed by atoms with Crippen molar-refractivity contribution in [3.63, 3.8) is 0 Å². The Hall–Kier alpha value is -2.65. The van der Waals surface area contributed by atoms with Gasteiger partial charge in [-0.25, -0.2) is 8.42 Å². The maximum atomic E-state index is 13.3. The van der Waals surface area contributed by atoms with Gasteiger partial charge in [0.1, 0.15) is 0 Å². The summed E-state index contributed by atoms with van der Waals surface area (Å²) >= 11 is 0. The molecule has 1 heterocycles. The second-order valence-corrected chi connectivity index (χ2v) is 12.7. The highest BCUT2D eigenvalue weighted by Gasteiger charge is 2.41. The molecule has 0 radical (unpaired) electrons. The van der Waals surface area contributed by atoms with Gasteiger partial charge < -0.3 is 9.80 Å². The maximum Gasteiger partial charge on any atom is 0.416 e. The number of sulfone groups is 1. The van der Waals surface area contributed by atoms with Gasteiger partial charge >= 0.3 is 6.18 Å². The Morgan fingerprint density at radius 2 is 1.76 bits per heavy atom. The lowest BCUT2D eigenvalue weighted by molar-refractivity contribution is -0.137.